The standard InChI is InChI=1S/C21H16O/c1-14-7-2-4-9-16(14)21(22)19-12-6-11-18-17-10-5-3-8-15(17)13-20(18)19/h2-12H,13H2,1H3. The third kappa shape index (κ3) is 1.90. The monoisotopic (exact) mass is 284 g/mol. The molecule has 0 N–H and O–H groups in total. The number of fused-ring (bicyclic) bond motifs is 3. The second kappa shape index (κ2) is 4.96. The number of rotatable bonds is 2. The van der Waals surface area contributed by atoms with Crippen LogP contribution in [-0.2, 0) is 6.42 Å². The minimum absolute atomic E-state index is 0.128. The molecule has 0 radical (unpaired) electrons. The SMILES string of the molecule is Cc1ccccc1C(=O)c1cccc2c1Cc1ccccc1-2. The Morgan fingerprint density at radius 1 is 0.773 bits per heavy atom. The lowest BCUT2D eigenvalue weighted by Crippen LogP contribution is -2.06. The zero-order chi connectivity index (χ0) is 15.1. The summed E-state index contributed by atoms with van der Waals surface area (Å²) in [5.74, 6) is 0.128. The first-order chi connectivity index (χ1) is 10.8. The summed E-state index contributed by atoms with van der Waals surface area (Å²) in [6, 6.07) is 22.3. The van der Waals surface area contributed by atoms with Crippen molar-refractivity contribution < 1.29 is 4.79 Å². The van der Waals surface area contributed by atoms with Gasteiger partial charge in [0, 0.05) is 11.1 Å². The molecule has 106 valence electrons. The van der Waals surface area contributed by atoms with Gasteiger partial charge in [0.25, 0.3) is 0 Å². The van der Waals surface area contributed by atoms with Crippen molar-refractivity contribution in [3.63, 3.8) is 0 Å². The van der Waals surface area contributed by atoms with Gasteiger partial charge in [-0.3, -0.25) is 4.79 Å². The lowest BCUT2D eigenvalue weighted by Gasteiger charge is -2.09. The summed E-state index contributed by atoms with van der Waals surface area (Å²) in [5, 5.41) is 0. The summed E-state index contributed by atoms with van der Waals surface area (Å²) in [4.78, 5) is 13.0. The Hall–Kier alpha value is -2.67. The van der Waals surface area contributed by atoms with Crippen LogP contribution in [0.3, 0.4) is 0 Å². The average Bonchev–Trinajstić information content (AvgIpc) is 2.93. The van der Waals surface area contributed by atoms with Gasteiger partial charge in [-0.15, -0.1) is 0 Å². The zero-order valence-electron chi connectivity index (χ0n) is 12.5. The van der Waals surface area contributed by atoms with Crippen molar-refractivity contribution in [1.29, 1.82) is 0 Å². The van der Waals surface area contributed by atoms with E-state index in [1.165, 1.54) is 16.7 Å². The van der Waals surface area contributed by atoms with E-state index in [2.05, 4.69) is 30.3 Å². The molecule has 4 rings (SSSR count). The maximum Gasteiger partial charge on any atom is 0.193 e. The van der Waals surface area contributed by atoms with Gasteiger partial charge in [-0.25, -0.2) is 0 Å². The fourth-order valence-corrected chi connectivity index (χ4v) is 3.34. The van der Waals surface area contributed by atoms with Crippen LogP contribution in [0.5, 0.6) is 0 Å². The van der Waals surface area contributed by atoms with Crippen LogP contribution in [0.15, 0.2) is 66.7 Å². The van der Waals surface area contributed by atoms with E-state index in [4.69, 9.17) is 0 Å². The van der Waals surface area contributed by atoms with E-state index < -0.39 is 0 Å². The number of benzene rings is 3. The molecule has 1 heteroatoms. The first-order valence-corrected chi connectivity index (χ1v) is 7.56. The van der Waals surface area contributed by atoms with Gasteiger partial charge in [-0.2, -0.15) is 0 Å². The number of hydrogen-bond acceptors (Lipinski definition) is 1. The van der Waals surface area contributed by atoms with Gasteiger partial charge >= 0.3 is 0 Å². The Bertz CT molecular complexity index is 890. The van der Waals surface area contributed by atoms with Gasteiger partial charge in [0.05, 0.1) is 0 Å². The maximum atomic E-state index is 13.0. The Kier molecular flexibility index (Phi) is 2.93. The molecule has 1 aliphatic rings. The van der Waals surface area contributed by atoms with Gasteiger partial charge in [-0.05, 0) is 41.2 Å². The molecule has 3 aromatic rings. The molecule has 3 aromatic carbocycles. The van der Waals surface area contributed by atoms with Gasteiger partial charge in [0.1, 0.15) is 0 Å². The number of carbonyl (C=O) groups excluding carboxylic acids is 1. The Balaban J connectivity index is 1.86. The molecule has 0 aromatic heterocycles. The summed E-state index contributed by atoms with van der Waals surface area (Å²) >= 11 is 0. The number of aryl methyl sites for hydroxylation is 1. The van der Waals surface area contributed by atoms with Crippen LogP contribution in [0.1, 0.15) is 32.6 Å². The molecule has 0 spiro atoms. The Morgan fingerprint density at radius 3 is 2.32 bits per heavy atom. The van der Waals surface area contributed by atoms with Crippen molar-refractivity contribution in [2.75, 3.05) is 0 Å². The summed E-state index contributed by atoms with van der Waals surface area (Å²) in [6.07, 6.45) is 0.847. The van der Waals surface area contributed by atoms with Crippen LogP contribution >= 0.6 is 0 Å². The highest BCUT2D eigenvalue weighted by Crippen LogP contribution is 2.38. The van der Waals surface area contributed by atoms with Crippen molar-refractivity contribution in [2.24, 2.45) is 0 Å². The van der Waals surface area contributed by atoms with E-state index in [1.54, 1.807) is 0 Å². The molecule has 0 bridgehead atoms. The third-order valence-electron chi connectivity index (χ3n) is 4.49. The third-order valence-corrected chi connectivity index (χ3v) is 4.49. The van der Waals surface area contributed by atoms with E-state index in [1.807, 2.05) is 43.3 Å². The van der Waals surface area contributed by atoms with Gasteiger partial charge in [0.15, 0.2) is 5.78 Å². The molecule has 22 heavy (non-hydrogen) atoms. The molecule has 0 amide bonds. The van der Waals surface area contributed by atoms with Gasteiger partial charge < -0.3 is 0 Å². The predicted molar refractivity (Wildman–Crippen MR) is 89.3 cm³/mol. The molecule has 0 saturated carbocycles. The van der Waals surface area contributed by atoms with E-state index in [-0.39, 0.29) is 5.78 Å². The van der Waals surface area contributed by atoms with Crippen LogP contribution in [0, 0.1) is 6.92 Å². The van der Waals surface area contributed by atoms with Crippen LogP contribution in [0.2, 0.25) is 0 Å². The van der Waals surface area contributed by atoms with Crippen molar-refractivity contribution in [3.8, 4) is 11.1 Å². The average molecular weight is 284 g/mol. The minimum atomic E-state index is 0.128. The first kappa shape index (κ1) is 13.0. The second-order valence-electron chi connectivity index (χ2n) is 5.81. The fraction of sp³-hybridized carbons (Fsp3) is 0.0952. The largest absolute Gasteiger partial charge is 0.289 e. The first-order valence-electron chi connectivity index (χ1n) is 7.56. The lowest BCUT2D eigenvalue weighted by atomic mass is 9.93. The van der Waals surface area contributed by atoms with Crippen LogP contribution in [0.25, 0.3) is 11.1 Å². The van der Waals surface area contributed by atoms with Crippen LogP contribution in [0.4, 0.5) is 0 Å². The predicted octanol–water partition coefficient (Wildman–Crippen LogP) is 4.80. The molecule has 0 unspecified atom stereocenters. The molecule has 0 saturated heterocycles. The summed E-state index contributed by atoms with van der Waals surface area (Å²) in [5.41, 5.74) is 7.60. The quantitative estimate of drug-likeness (QED) is 0.483. The molecule has 0 heterocycles. The summed E-state index contributed by atoms with van der Waals surface area (Å²) in [7, 11) is 0. The van der Waals surface area contributed by atoms with E-state index in [9.17, 15) is 4.79 Å². The molecule has 1 aliphatic carbocycles. The maximum absolute atomic E-state index is 13.0. The van der Waals surface area contributed by atoms with Crippen molar-refractivity contribution in [3.05, 3.63) is 94.5 Å². The van der Waals surface area contributed by atoms with E-state index in [0.29, 0.717) is 0 Å². The molecule has 0 fully saturated rings. The minimum Gasteiger partial charge on any atom is -0.289 e. The van der Waals surface area contributed by atoms with Crippen LogP contribution in [-0.4, -0.2) is 5.78 Å². The smallest absolute Gasteiger partial charge is 0.193 e. The number of carbonyl (C=O) groups is 1. The summed E-state index contributed by atoms with van der Waals surface area (Å²) in [6.45, 7) is 1.99. The van der Waals surface area contributed by atoms with Gasteiger partial charge in [-0.1, -0.05) is 66.7 Å². The van der Waals surface area contributed by atoms with Gasteiger partial charge in [0.2, 0.25) is 0 Å². The highest BCUT2D eigenvalue weighted by atomic mass is 16.1. The second-order valence-corrected chi connectivity index (χ2v) is 5.81. The van der Waals surface area contributed by atoms with Crippen molar-refractivity contribution in [1.82, 2.24) is 0 Å². The number of ketones is 1. The van der Waals surface area contributed by atoms with Crippen LogP contribution < -0.4 is 0 Å². The highest BCUT2D eigenvalue weighted by molar-refractivity contribution is 6.12. The lowest BCUT2D eigenvalue weighted by molar-refractivity contribution is 0.103. The summed E-state index contributed by atoms with van der Waals surface area (Å²) < 4.78 is 0. The van der Waals surface area contributed by atoms with E-state index >= 15 is 0 Å². The fourth-order valence-electron chi connectivity index (χ4n) is 3.34. The number of hydrogen-bond donors (Lipinski definition) is 0. The van der Waals surface area contributed by atoms with Crippen molar-refractivity contribution in [2.45, 2.75) is 13.3 Å². The Labute approximate surface area is 130 Å². The molecule has 1 nitrogen and oxygen atoms in total. The topological polar surface area (TPSA) is 17.1 Å². The zero-order valence-corrected chi connectivity index (χ0v) is 12.5. The van der Waals surface area contributed by atoms with E-state index in [0.717, 1.165) is 28.7 Å². The molecule has 0 aliphatic heterocycles. The molecule has 0 atom stereocenters. The normalized spacial score (nSPS) is 11.9. The Morgan fingerprint density at radius 2 is 1.45 bits per heavy atom. The molecular weight excluding hydrogens is 268 g/mol. The van der Waals surface area contributed by atoms with Crippen molar-refractivity contribution >= 4 is 5.78 Å². The molecular formula is C21H16O. The highest BCUT2D eigenvalue weighted by Gasteiger charge is 2.24.